The fourth-order valence-electron chi connectivity index (χ4n) is 3.24. The van der Waals surface area contributed by atoms with Crippen LogP contribution in [0.4, 0.5) is 4.39 Å². The SMILES string of the molecule is CCOc1cc(C(=O)NCc2ccc(Oc3cccnc3)c(F)c2)ccc1OCc1cccnc1. The van der Waals surface area contributed by atoms with Crippen molar-refractivity contribution in [3.05, 3.63) is 108 Å². The average Bonchev–Trinajstić information content (AvgIpc) is 2.89. The average molecular weight is 474 g/mol. The standard InChI is InChI=1S/C27H24FN3O4/c1-2-33-26-14-21(8-10-25(26)34-18-20-5-3-11-29-15-20)27(32)31-16-19-7-9-24(23(28)13-19)35-22-6-4-12-30-17-22/h3-15,17H,2,16,18H2,1H3,(H,31,32). The van der Waals surface area contributed by atoms with Crippen LogP contribution in [0.2, 0.25) is 0 Å². The van der Waals surface area contributed by atoms with Gasteiger partial charge < -0.3 is 19.5 Å². The molecule has 0 spiro atoms. The van der Waals surface area contributed by atoms with E-state index in [2.05, 4.69) is 15.3 Å². The van der Waals surface area contributed by atoms with Crippen LogP contribution in [0, 0.1) is 5.82 Å². The van der Waals surface area contributed by atoms with Crippen molar-refractivity contribution in [2.24, 2.45) is 0 Å². The Kier molecular flexibility index (Phi) is 7.85. The fraction of sp³-hybridized carbons (Fsp3) is 0.148. The summed E-state index contributed by atoms with van der Waals surface area (Å²) in [5.41, 5.74) is 1.91. The normalized spacial score (nSPS) is 10.5. The van der Waals surface area contributed by atoms with Crippen LogP contribution in [0.3, 0.4) is 0 Å². The molecule has 0 atom stereocenters. The van der Waals surface area contributed by atoms with Crippen molar-refractivity contribution in [2.75, 3.05) is 6.61 Å². The summed E-state index contributed by atoms with van der Waals surface area (Å²) in [7, 11) is 0. The number of aromatic nitrogens is 2. The van der Waals surface area contributed by atoms with Crippen molar-refractivity contribution in [1.82, 2.24) is 15.3 Å². The number of carbonyl (C=O) groups excluding carboxylic acids is 1. The zero-order chi connectivity index (χ0) is 24.5. The van der Waals surface area contributed by atoms with Gasteiger partial charge in [0.2, 0.25) is 0 Å². The van der Waals surface area contributed by atoms with Crippen molar-refractivity contribution >= 4 is 5.91 Å². The van der Waals surface area contributed by atoms with Gasteiger partial charge in [0.25, 0.3) is 5.91 Å². The molecule has 4 rings (SSSR count). The second-order valence-corrected chi connectivity index (χ2v) is 7.48. The van der Waals surface area contributed by atoms with Crippen LogP contribution in [0.25, 0.3) is 0 Å². The minimum atomic E-state index is -0.533. The summed E-state index contributed by atoms with van der Waals surface area (Å²) >= 11 is 0. The molecule has 0 saturated carbocycles. The van der Waals surface area contributed by atoms with Gasteiger partial charge in [0.1, 0.15) is 12.4 Å². The number of amides is 1. The van der Waals surface area contributed by atoms with Gasteiger partial charge in [-0.3, -0.25) is 14.8 Å². The molecule has 0 saturated heterocycles. The number of hydrogen-bond acceptors (Lipinski definition) is 6. The molecule has 4 aromatic rings. The first kappa shape index (κ1) is 23.7. The smallest absolute Gasteiger partial charge is 0.251 e. The van der Waals surface area contributed by atoms with Crippen LogP contribution in [0.1, 0.15) is 28.4 Å². The Morgan fingerprint density at radius 2 is 1.69 bits per heavy atom. The maximum atomic E-state index is 14.5. The second-order valence-electron chi connectivity index (χ2n) is 7.48. The molecule has 1 N–H and O–H groups in total. The molecular weight excluding hydrogens is 449 g/mol. The highest BCUT2D eigenvalue weighted by atomic mass is 19.1. The molecule has 178 valence electrons. The first-order valence-corrected chi connectivity index (χ1v) is 11.1. The summed E-state index contributed by atoms with van der Waals surface area (Å²) in [5, 5.41) is 2.80. The summed E-state index contributed by atoms with van der Waals surface area (Å²) in [6.07, 6.45) is 6.53. The predicted octanol–water partition coefficient (Wildman–Crippen LogP) is 5.32. The van der Waals surface area contributed by atoms with Gasteiger partial charge in [0.15, 0.2) is 23.1 Å². The molecule has 2 heterocycles. The van der Waals surface area contributed by atoms with E-state index in [1.807, 2.05) is 19.1 Å². The number of rotatable bonds is 10. The lowest BCUT2D eigenvalue weighted by atomic mass is 10.1. The Hall–Kier alpha value is -4.46. The van der Waals surface area contributed by atoms with Crippen molar-refractivity contribution in [3.8, 4) is 23.0 Å². The molecule has 0 radical (unpaired) electrons. The summed E-state index contributed by atoms with van der Waals surface area (Å²) in [4.78, 5) is 20.7. The van der Waals surface area contributed by atoms with Crippen molar-refractivity contribution in [3.63, 3.8) is 0 Å². The number of nitrogens with one attached hydrogen (secondary N) is 1. The van der Waals surface area contributed by atoms with Gasteiger partial charge in [-0.1, -0.05) is 12.1 Å². The van der Waals surface area contributed by atoms with Crippen molar-refractivity contribution < 1.29 is 23.4 Å². The van der Waals surface area contributed by atoms with E-state index in [1.54, 1.807) is 55.0 Å². The Morgan fingerprint density at radius 1 is 0.886 bits per heavy atom. The molecule has 0 bridgehead atoms. The zero-order valence-corrected chi connectivity index (χ0v) is 19.1. The summed E-state index contributed by atoms with van der Waals surface area (Å²) < 4.78 is 31.5. The Balaban J connectivity index is 1.38. The summed E-state index contributed by atoms with van der Waals surface area (Å²) in [5.74, 6) is 0.655. The van der Waals surface area contributed by atoms with Crippen LogP contribution < -0.4 is 19.5 Å². The number of ether oxygens (including phenoxy) is 3. The van der Waals surface area contributed by atoms with E-state index < -0.39 is 5.82 Å². The number of carbonyl (C=O) groups is 1. The van der Waals surface area contributed by atoms with E-state index >= 15 is 0 Å². The van der Waals surface area contributed by atoms with E-state index in [9.17, 15) is 9.18 Å². The Labute approximate surface area is 202 Å². The van der Waals surface area contributed by atoms with Gasteiger partial charge in [-0.15, -0.1) is 0 Å². The minimum absolute atomic E-state index is 0.0799. The fourth-order valence-corrected chi connectivity index (χ4v) is 3.24. The largest absolute Gasteiger partial charge is 0.490 e. The number of halogens is 1. The lowest BCUT2D eigenvalue weighted by Crippen LogP contribution is -2.23. The quantitative estimate of drug-likeness (QED) is 0.336. The van der Waals surface area contributed by atoms with Gasteiger partial charge >= 0.3 is 0 Å². The molecule has 35 heavy (non-hydrogen) atoms. The summed E-state index contributed by atoms with van der Waals surface area (Å²) in [6.45, 7) is 2.74. The highest BCUT2D eigenvalue weighted by Crippen LogP contribution is 2.29. The van der Waals surface area contributed by atoms with Crippen LogP contribution >= 0.6 is 0 Å². The number of pyridine rings is 2. The van der Waals surface area contributed by atoms with E-state index in [0.717, 1.165) is 5.56 Å². The van der Waals surface area contributed by atoms with Crippen LogP contribution in [0.15, 0.2) is 85.5 Å². The molecule has 1 amide bonds. The van der Waals surface area contributed by atoms with Crippen LogP contribution in [-0.2, 0) is 13.2 Å². The monoisotopic (exact) mass is 473 g/mol. The van der Waals surface area contributed by atoms with Crippen molar-refractivity contribution in [2.45, 2.75) is 20.1 Å². The first-order valence-electron chi connectivity index (χ1n) is 11.1. The maximum Gasteiger partial charge on any atom is 0.251 e. The highest BCUT2D eigenvalue weighted by molar-refractivity contribution is 5.94. The maximum absolute atomic E-state index is 14.5. The third-order valence-corrected chi connectivity index (χ3v) is 4.93. The van der Waals surface area contributed by atoms with E-state index in [0.29, 0.717) is 41.6 Å². The lowest BCUT2D eigenvalue weighted by molar-refractivity contribution is 0.0950. The summed E-state index contributed by atoms with van der Waals surface area (Å²) in [6, 6.07) is 16.7. The van der Waals surface area contributed by atoms with Gasteiger partial charge in [-0.05, 0) is 61.0 Å². The lowest BCUT2D eigenvalue weighted by Gasteiger charge is -2.14. The van der Waals surface area contributed by atoms with Crippen LogP contribution in [0.5, 0.6) is 23.0 Å². The van der Waals surface area contributed by atoms with Gasteiger partial charge in [0, 0.05) is 36.3 Å². The molecule has 7 nitrogen and oxygen atoms in total. The number of hydrogen-bond donors (Lipinski definition) is 1. The molecule has 0 aliphatic rings. The molecule has 8 heteroatoms. The Bertz CT molecular complexity index is 1270. The van der Waals surface area contributed by atoms with E-state index in [4.69, 9.17) is 14.2 Å². The van der Waals surface area contributed by atoms with Gasteiger partial charge in [-0.2, -0.15) is 0 Å². The highest BCUT2D eigenvalue weighted by Gasteiger charge is 2.13. The third kappa shape index (κ3) is 6.54. The molecule has 0 fully saturated rings. The molecule has 0 aliphatic heterocycles. The molecule has 2 aromatic carbocycles. The molecule has 2 aromatic heterocycles. The van der Waals surface area contributed by atoms with Crippen molar-refractivity contribution in [1.29, 1.82) is 0 Å². The van der Waals surface area contributed by atoms with E-state index in [-0.39, 0.29) is 18.2 Å². The van der Waals surface area contributed by atoms with Gasteiger partial charge in [-0.25, -0.2) is 4.39 Å². The minimum Gasteiger partial charge on any atom is -0.490 e. The second kappa shape index (κ2) is 11.6. The molecular formula is C27H24FN3O4. The topological polar surface area (TPSA) is 82.6 Å². The number of benzene rings is 2. The molecule has 0 unspecified atom stereocenters. The Morgan fingerprint density at radius 3 is 2.40 bits per heavy atom. The van der Waals surface area contributed by atoms with Crippen LogP contribution in [-0.4, -0.2) is 22.5 Å². The first-order chi connectivity index (χ1) is 17.1. The predicted molar refractivity (Wildman–Crippen MR) is 128 cm³/mol. The van der Waals surface area contributed by atoms with Gasteiger partial charge in [0.05, 0.1) is 12.8 Å². The van der Waals surface area contributed by atoms with E-state index in [1.165, 1.54) is 18.3 Å². The zero-order valence-electron chi connectivity index (χ0n) is 19.1. The molecule has 0 aliphatic carbocycles. The number of nitrogens with zero attached hydrogens (tertiary/aromatic N) is 2. The third-order valence-electron chi connectivity index (χ3n) is 4.93.